The molecular formula is C7H14N2O2. The third kappa shape index (κ3) is 3.02. The van der Waals surface area contributed by atoms with Crippen LogP contribution in [-0.4, -0.2) is 18.4 Å². The summed E-state index contributed by atoms with van der Waals surface area (Å²) in [4.78, 5) is 20.7. The van der Waals surface area contributed by atoms with Gasteiger partial charge in [0, 0.05) is 0 Å². The van der Waals surface area contributed by atoms with E-state index in [1.54, 1.807) is 0 Å². The van der Waals surface area contributed by atoms with Crippen LogP contribution in [0.1, 0.15) is 20.3 Å². The van der Waals surface area contributed by atoms with Crippen LogP contribution in [0.25, 0.3) is 0 Å². The molecule has 0 rings (SSSR count). The Bertz CT molecular complexity index is 147. The van der Waals surface area contributed by atoms with E-state index in [2.05, 4.69) is 5.32 Å². The Hall–Kier alpha value is -1.06. The van der Waals surface area contributed by atoms with E-state index in [4.69, 9.17) is 5.73 Å². The van der Waals surface area contributed by atoms with Gasteiger partial charge < -0.3 is 11.1 Å². The van der Waals surface area contributed by atoms with Gasteiger partial charge in [-0.05, 0) is 5.92 Å². The number of nitrogens with two attached hydrogens (primary N) is 1. The van der Waals surface area contributed by atoms with Gasteiger partial charge in [-0.2, -0.15) is 0 Å². The van der Waals surface area contributed by atoms with Crippen molar-refractivity contribution >= 4 is 12.3 Å². The maximum Gasteiger partial charge on any atom is 0.240 e. The highest BCUT2D eigenvalue weighted by atomic mass is 16.2. The van der Waals surface area contributed by atoms with Crippen molar-refractivity contribution in [3.63, 3.8) is 0 Å². The van der Waals surface area contributed by atoms with Crippen LogP contribution in [0, 0.1) is 5.92 Å². The standard InChI is InChI=1S/C7H14N2O2/c1-3-5(2)6(7(8)11)9-4-10/h4-6H,3H2,1-2H3,(H2,8,11)(H,9,10)/t5-,6-/m0/s1. The summed E-state index contributed by atoms with van der Waals surface area (Å²) >= 11 is 0. The molecule has 2 atom stereocenters. The molecule has 0 saturated heterocycles. The first-order chi connectivity index (χ1) is 5.13. The van der Waals surface area contributed by atoms with Crippen LogP contribution in [0.5, 0.6) is 0 Å². The molecular weight excluding hydrogens is 144 g/mol. The second kappa shape index (κ2) is 4.71. The highest BCUT2D eigenvalue weighted by Gasteiger charge is 2.19. The number of amides is 2. The van der Waals surface area contributed by atoms with E-state index < -0.39 is 11.9 Å². The van der Waals surface area contributed by atoms with Crippen molar-refractivity contribution < 1.29 is 9.59 Å². The van der Waals surface area contributed by atoms with Crippen molar-refractivity contribution in [3.8, 4) is 0 Å². The molecule has 0 bridgehead atoms. The molecule has 64 valence electrons. The zero-order valence-corrected chi connectivity index (χ0v) is 6.83. The van der Waals surface area contributed by atoms with Crippen LogP contribution in [0.3, 0.4) is 0 Å². The Balaban J connectivity index is 4.08. The number of hydrogen-bond donors (Lipinski definition) is 2. The van der Waals surface area contributed by atoms with E-state index in [-0.39, 0.29) is 5.92 Å². The van der Waals surface area contributed by atoms with Crippen molar-refractivity contribution in [3.05, 3.63) is 0 Å². The molecule has 0 aliphatic carbocycles. The number of carbonyl (C=O) groups excluding carboxylic acids is 2. The first-order valence-corrected chi connectivity index (χ1v) is 3.62. The summed E-state index contributed by atoms with van der Waals surface area (Å²) in [5.41, 5.74) is 5.04. The molecule has 0 saturated carbocycles. The molecule has 4 heteroatoms. The van der Waals surface area contributed by atoms with Crippen LogP contribution < -0.4 is 11.1 Å². The van der Waals surface area contributed by atoms with Gasteiger partial charge in [0.1, 0.15) is 6.04 Å². The Kier molecular flexibility index (Phi) is 4.26. The van der Waals surface area contributed by atoms with Gasteiger partial charge in [-0.1, -0.05) is 20.3 Å². The normalized spacial score (nSPS) is 15.1. The second-order valence-electron chi connectivity index (χ2n) is 2.55. The summed E-state index contributed by atoms with van der Waals surface area (Å²) < 4.78 is 0. The minimum atomic E-state index is -0.530. The zero-order chi connectivity index (χ0) is 8.85. The molecule has 0 aromatic rings. The van der Waals surface area contributed by atoms with E-state index in [0.717, 1.165) is 6.42 Å². The fraction of sp³-hybridized carbons (Fsp3) is 0.714. The number of rotatable bonds is 5. The second-order valence-corrected chi connectivity index (χ2v) is 2.55. The minimum absolute atomic E-state index is 0.0951. The molecule has 0 fully saturated rings. The predicted octanol–water partition coefficient (Wildman–Crippen LogP) is -0.368. The summed E-state index contributed by atoms with van der Waals surface area (Å²) in [5, 5.41) is 2.38. The zero-order valence-electron chi connectivity index (χ0n) is 6.83. The minimum Gasteiger partial charge on any atom is -0.368 e. The van der Waals surface area contributed by atoms with Crippen molar-refractivity contribution in [2.24, 2.45) is 11.7 Å². The van der Waals surface area contributed by atoms with E-state index in [1.165, 1.54) is 0 Å². The fourth-order valence-electron chi connectivity index (χ4n) is 0.836. The van der Waals surface area contributed by atoms with Gasteiger partial charge >= 0.3 is 0 Å². The average molecular weight is 158 g/mol. The van der Waals surface area contributed by atoms with Gasteiger partial charge in [-0.3, -0.25) is 9.59 Å². The van der Waals surface area contributed by atoms with Crippen LogP contribution in [-0.2, 0) is 9.59 Å². The fourth-order valence-corrected chi connectivity index (χ4v) is 0.836. The molecule has 2 amide bonds. The van der Waals surface area contributed by atoms with E-state index in [1.807, 2.05) is 13.8 Å². The van der Waals surface area contributed by atoms with E-state index in [9.17, 15) is 9.59 Å². The quantitative estimate of drug-likeness (QED) is 0.536. The van der Waals surface area contributed by atoms with Gasteiger partial charge in [-0.15, -0.1) is 0 Å². The van der Waals surface area contributed by atoms with Crippen molar-refractivity contribution in [2.75, 3.05) is 0 Å². The number of carbonyl (C=O) groups is 2. The molecule has 0 unspecified atom stereocenters. The first-order valence-electron chi connectivity index (χ1n) is 3.62. The molecule has 0 aliphatic rings. The first kappa shape index (κ1) is 9.94. The Morgan fingerprint density at radius 2 is 2.27 bits per heavy atom. The van der Waals surface area contributed by atoms with Gasteiger partial charge in [0.15, 0.2) is 0 Å². The third-order valence-electron chi connectivity index (χ3n) is 1.77. The third-order valence-corrected chi connectivity index (χ3v) is 1.77. The van der Waals surface area contributed by atoms with Crippen molar-refractivity contribution in [2.45, 2.75) is 26.3 Å². The molecule has 0 aromatic heterocycles. The summed E-state index contributed by atoms with van der Waals surface area (Å²) in [6.45, 7) is 3.80. The Morgan fingerprint density at radius 1 is 1.73 bits per heavy atom. The van der Waals surface area contributed by atoms with Crippen LogP contribution in [0.15, 0.2) is 0 Å². The topological polar surface area (TPSA) is 72.2 Å². The smallest absolute Gasteiger partial charge is 0.240 e. The van der Waals surface area contributed by atoms with Crippen molar-refractivity contribution in [1.82, 2.24) is 5.32 Å². The summed E-state index contributed by atoms with van der Waals surface area (Å²) in [6.07, 6.45) is 1.32. The van der Waals surface area contributed by atoms with Gasteiger partial charge in [0.2, 0.25) is 12.3 Å². The lowest BCUT2D eigenvalue weighted by molar-refractivity contribution is -0.123. The SMILES string of the molecule is CC[C@H](C)[C@H](NC=O)C(N)=O. The molecule has 0 spiro atoms. The molecule has 4 nitrogen and oxygen atoms in total. The monoisotopic (exact) mass is 158 g/mol. The Morgan fingerprint density at radius 3 is 2.55 bits per heavy atom. The number of hydrogen-bond acceptors (Lipinski definition) is 2. The highest BCUT2D eigenvalue weighted by Crippen LogP contribution is 2.05. The average Bonchev–Trinajstić information content (AvgIpc) is 1.98. The van der Waals surface area contributed by atoms with E-state index in [0.29, 0.717) is 6.41 Å². The lowest BCUT2D eigenvalue weighted by atomic mass is 9.99. The maximum absolute atomic E-state index is 10.7. The largest absolute Gasteiger partial charge is 0.368 e. The van der Waals surface area contributed by atoms with Gasteiger partial charge in [-0.25, -0.2) is 0 Å². The number of primary amides is 1. The molecule has 0 aliphatic heterocycles. The molecule has 0 radical (unpaired) electrons. The lowest BCUT2D eigenvalue weighted by Crippen LogP contribution is -2.44. The molecule has 0 aromatic carbocycles. The van der Waals surface area contributed by atoms with Crippen LogP contribution in [0.2, 0.25) is 0 Å². The lowest BCUT2D eigenvalue weighted by Gasteiger charge is -2.17. The maximum atomic E-state index is 10.7. The van der Waals surface area contributed by atoms with Crippen LogP contribution in [0.4, 0.5) is 0 Å². The highest BCUT2D eigenvalue weighted by molar-refractivity contribution is 5.82. The molecule has 11 heavy (non-hydrogen) atoms. The Labute approximate surface area is 66.1 Å². The van der Waals surface area contributed by atoms with E-state index >= 15 is 0 Å². The van der Waals surface area contributed by atoms with Crippen molar-refractivity contribution in [1.29, 1.82) is 0 Å². The summed E-state index contributed by atoms with van der Waals surface area (Å²) in [7, 11) is 0. The van der Waals surface area contributed by atoms with Gasteiger partial charge in [0.05, 0.1) is 0 Å². The van der Waals surface area contributed by atoms with Crippen LogP contribution >= 0.6 is 0 Å². The molecule has 0 heterocycles. The molecule has 3 N–H and O–H groups in total. The predicted molar refractivity (Wildman–Crippen MR) is 41.6 cm³/mol. The van der Waals surface area contributed by atoms with Gasteiger partial charge in [0.25, 0.3) is 0 Å². The number of nitrogens with one attached hydrogen (secondary N) is 1. The summed E-state index contributed by atoms with van der Waals surface area (Å²) in [5.74, 6) is -0.385. The summed E-state index contributed by atoms with van der Waals surface area (Å²) in [6, 6.07) is -0.530.